The average Bonchev–Trinajstić information content (AvgIpc) is 3.09. The molecule has 2 aromatic carbocycles. The SMILES string of the molecule is CC1(NC(=O)c2ccc(Oc3nc(Nc4ccc5c(c4)C(C)(C)C(=O)N5)ncc3F)cc2)C=CC=CC1. The summed E-state index contributed by atoms with van der Waals surface area (Å²) in [6, 6.07) is 11.8. The van der Waals surface area contributed by atoms with Gasteiger partial charge in [-0.25, -0.2) is 4.98 Å². The lowest BCUT2D eigenvalue weighted by Gasteiger charge is -2.28. The van der Waals surface area contributed by atoms with Gasteiger partial charge in [-0.1, -0.05) is 24.3 Å². The third-order valence-electron chi connectivity index (χ3n) is 6.46. The van der Waals surface area contributed by atoms with Crippen LogP contribution >= 0.6 is 0 Å². The lowest BCUT2D eigenvalue weighted by atomic mass is 9.86. The maximum Gasteiger partial charge on any atom is 0.260 e. The van der Waals surface area contributed by atoms with E-state index in [4.69, 9.17) is 4.74 Å². The molecule has 1 aliphatic heterocycles. The predicted molar refractivity (Wildman–Crippen MR) is 139 cm³/mol. The third kappa shape index (κ3) is 4.93. The molecule has 0 radical (unpaired) electrons. The molecule has 5 rings (SSSR count). The van der Waals surface area contributed by atoms with E-state index in [0.717, 1.165) is 17.4 Å². The Morgan fingerprint density at radius 3 is 2.62 bits per heavy atom. The monoisotopic (exact) mass is 499 g/mol. The zero-order valence-electron chi connectivity index (χ0n) is 20.6. The molecule has 0 saturated heterocycles. The van der Waals surface area contributed by atoms with Crippen LogP contribution in [0.4, 0.5) is 21.7 Å². The van der Waals surface area contributed by atoms with E-state index < -0.39 is 16.8 Å². The van der Waals surface area contributed by atoms with E-state index in [1.54, 1.807) is 36.4 Å². The van der Waals surface area contributed by atoms with Crippen LogP contribution in [0.2, 0.25) is 0 Å². The number of rotatable bonds is 6. The number of anilines is 3. The van der Waals surface area contributed by atoms with Gasteiger partial charge in [-0.05, 0) is 75.2 Å². The fourth-order valence-corrected chi connectivity index (χ4v) is 4.20. The largest absolute Gasteiger partial charge is 0.436 e. The van der Waals surface area contributed by atoms with Crippen LogP contribution in [-0.4, -0.2) is 27.3 Å². The zero-order chi connectivity index (χ0) is 26.2. The van der Waals surface area contributed by atoms with E-state index in [1.807, 2.05) is 51.1 Å². The molecule has 1 atom stereocenters. The van der Waals surface area contributed by atoms with Crippen molar-refractivity contribution in [2.75, 3.05) is 10.6 Å². The number of fused-ring (bicyclic) bond motifs is 1. The molecule has 188 valence electrons. The van der Waals surface area contributed by atoms with Gasteiger partial charge in [-0.15, -0.1) is 0 Å². The van der Waals surface area contributed by atoms with Crippen molar-refractivity contribution in [2.24, 2.45) is 0 Å². The molecule has 2 amide bonds. The number of nitrogens with zero attached hydrogens (tertiary/aromatic N) is 2. The minimum absolute atomic E-state index is 0.0750. The van der Waals surface area contributed by atoms with Gasteiger partial charge in [0.2, 0.25) is 17.7 Å². The number of hydrogen-bond acceptors (Lipinski definition) is 6. The Hall–Kier alpha value is -4.53. The molecular formula is C28H26FN5O3. The Morgan fingerprint density at radius 1 is 1.11 bits per heavy atom. The summed E-state index contributed by atoms with van der Waals surface area (Å²) < 4.78 is 20.1. The molecule has 0 spiro atoms. The van der Waals surface area contributed by atoms with Crippen molar-refractivity contribution in [2.45, 2.75) is 38.1 Å². The summed E-state index contributed by atoms with van der Waals surface area (Å²) in [4.78, 5) is 33.0. The van der Waals surface area contributed by atoms with Crippen LogP contribution in [0.25, 0.3) is 0 Å². The molecule has 1 unspecified atom stereocenters. The standard InChI is InChI=1S/C28H26FN5O3/c1-27(2)20-15-18(9-12-22(20)32-25(27)36)31-26-30-16-21(29)24(33-26)37-19-10-7-17(8-11-19)23(35)34-28(3)13-5-4-6-14-28/h4-13,15-16H,14H2,1-3H3,(H,32,36)(H,34,35)(H,30,31,33). The molecule has 0 fully saturated rings. The summed E-state index contributed by atoms with van der Waals surface area (Å²) >= 11 is 0. The first kappa shape index (κ1) is 24.2. The molecule has 1 aliphatic carbocycles. The zero-order valence-corrected chi connectivity index (χ0v) is 20.6. The number of carbonyl (C=O) groups excluding carboxylic acids is 2. The summed E-state index contributed by atoms with van der Waals surface area (Å²) in [6.07, 6.45) is 9.52. The van der Waals surface area contributed by atoms with Gasteiger partial charge < -0.3 is 20.7 Å². The van der Waals surface area contributed by atoms with Crippen molar-refractivity contribution in [1.29, 1.82) is 0 Å². The number of hydrogen-bond donors (Lipinski definition) is 3. The van der Waals surface area contributed by atoms with E-state index in [-0.39, 0.29) is 23.6 Å². The summed E-state index contributed by atoms with van der Waals surface area (Å²) in [5.41, 5.74) is 1.58. The first-order chi connectivity index (χ1) is 17.6. The van der Waals surface area contributed by atoms with E-state index in [0.29, 0.717) is 23.4 Å². The van der Waals surface area contributed by atoms with Gasteiger partial charge in [0.1, 0.15) is 5.75 Å². The van der Waals surface area contributed by atoms with Crippen molar-refractivity contribution >= 4 is 29.1 Å². The second-order valence-corrected chi connectivity index (χ2v) is 9.80. The molecule has 3 aromatic rings. The van der Waals surface area contributed by atoms with E-state index in [2.05, 4.69) is 25.9 Å². The van der Waals surface area contributed by atoms with E-state index in [9.17, 15) is 14.0 Å². The third-order valence-corrected chi connectivity index (χ3v) is 6.46. The topological polar surface area (TPSA) is 105 Å². The number of carbonyl (C=O) groups is 2. The van der Waals surface area contributed by atoms with Crippen molar-refractivity contribution in [3.8, 4) is 11.6 Å². The number of amides is 2. The fraction of sp³-hybridized carbons (Fsp3) is 0.214. The first-order valence-electron chi connectivity index (χ1n) is 11.8. The highest BCUT2D eigenvalue weighted by molar-refractivity contribution is 6.06. The smallest absolute Gasteiger partial charge is 0.260 e. The Bertz CT molecular complexity index is 1450. The lowest BCUT2D eigenvalue weighted by molar-refractivity contribution is -0.119. The normalized spacial score (nSPS) is 19.2. The molecule has 0 bridgehead atoms. The van der Waals surface area contributed by atoms with Crippen LogP contribution in [0.3, 0.4) is 0 Å². The number of nitrogens with one attached hydrogen (secondary N) is 3. The number of halogens is 1. The van der Waals surface area contributed by atoms with Crippen molar-refractivity contribution in [3.63, 3.8) is 0 Å². The molecule has 37 heavy (non-hydrogen) atoms. The number of benzene rings is 2. The molecule has 0 saturated carbocycles. The molecule has 8 nitrogen and oxygen atoms in total. The van der Waals surface area contributed by atoms with Gasteiger partial charge in [0.25, 0.3) is 11.8 Å². The second kappa shape index (κ2) is 9.16. The molecule has 2 aliphatic rings. The van der Waals surface area contributed by atoms with Crippen LogP contribution in [0.5, 0.6) is 11.6 Å². The van der Waals surface area contributed by atoms with Crippen molar-refractivity contribution < 1.29 is 18.7 Å². The maximum atomic E-state index is 14.4. The number of ether oxygens (including phenoxy) is 1. The summed E-state index contributed by atoms with van der Waals surface area (Å²) in [6.45, 7) is 5.64. The van der Waals surface area contributed by atoms with Gasteiger partial charge >= 0.3 is 0 Å². The summed E-state index contributed by atoms with van der Waals surface area (Å²) in [5.74, 6) is -0.847. The molecular weight excluding hydrogens is 473 g/mol. The minimum atomic E-state index is -0.734. The van der Waals surface area contributed by atoms with Crippen LogP contribution in [0, 0.1) is 5.82 Å². The molecule has 1 aromatic heterocycles. The molecule has 2 heterocycles. The maximum absolute atomic E-state index is 14.4. The minimum Gasteiger partial charge on any atom is -0.436 e. The predicted octanol–water partition coefficient (Wildman–Crippen LogP) is 5.39. The molecule has 9 heteroatoms. The fourth-order valence-electron chi connectivity index (χ4n) is 4.20. The van der Waals surface area contributed by atoms with Gasteiger partial charge in [-0.3, -0.25) is 9.59 Å². The lowest BCUT2D eigenvalue weighted by Crippen LogP contribution is -2.44. The number of allylic oxidation sites excluding steroid dienone is 2. The Morgan fingerprint density at radius 2 is 1.89 bits per heavy atom. The van der Waals surface area contributed by atoms with E-state index >= 15 is 0 Å². The molecule has 3 N–H and O–H groups in total. The van der Waals surface area contributed by atoms with Crippen LogP contribution < -0.4 is 20.7 Å². The summed E-state index contributed by atoms with van der Waals surface area (Å²) in [5, 5.41) is 8.91. The highest BCUT2D eigenvalue weighted by atomic mass is 19.1. The number of aromatic nitrogens is 2. The van der Waals surface area contributed by atoms with Crippen LogP contribution in [0.15, 0.2) is 73.0 Å². The second-order valence-electron chi connectivity index (χ2n) is 9.80. The van der Waals surface area contributed by atoms with Gasteiger partial charge in [-0.2, -0.15) is 9.37 Å². The highest BCUT2D eigenvalue weighted by Crippen LogP contribution is 2.39. The van der Waals surface area contributed by atoms with Crippen molar-refractivity contribution in [3.05, 3.63) is 89.9 Å². The van der Waals surface area contributed by atoms with E-state index in [1.165, 1.54) is 0 Å². The first-order valence-corrected chi connectivity index (χ1v) is 11.8. The highest BCUT2D eigenvalue weighted by Gasteiger charge is 2.38. The van der Waals surface area contributed by atoms with Crippen LogP contribution in [-0.2, 0) is 10.2 Å². The van der Waals surface area contributed by atoms with Gasteiger partial charge in [0.15, 0.2) is 0 Å². The quantitative estimate of drug-likeness (QED) is 0.420. The van der Waals surface area contributed by atoms with Crippen molar-refractivity contribution in [1.82, 2.24) is 15.3 Å². The Balaban J connectivity index is 1.28. The van der Waals surface area contributed by atoms with Crippen LogP contribution in [0.1, 0.15) is 43.1 Å². The Labute approximate surface area is 213 Å². The van der Waals surface area contributed by atoms with Gasteiger partial charge in [0.05, 0.1) is 17.2 Å². The van der Waals surface area contributed by atoms with Gasteiger partial charge in [0, 0.05) is 16.9 Å². The average molecular weight is 500 g/mol. The summed E-state index contributed by atoms with van der Waals surface area (Å²) in [7, 11) is 0. The Kier molecular flexibility index (Phi) is 5.99.